The molecule has 9 heteroatoms. The highest BCUT2D eigenvalue weighted by Crippen LogP contribution is 2.59. The van der Waals surface area contributed by atoms with Crippen molar-refractivity contribution in [1.82, 2.24) is 9.38 Å². The van der Waals surface area contributed by atoms with Gasteiger partial charge in [0, 0.05) is 19.3 Å². The second-order valence-electron chi connectivity index (χ2n) is 7.01. The maximum Gasteiger partial charge on any atom is 0.392 e. The molecule has 2 fully saturated rings. The smallest absolute Gasteiger partial charge is 0.392 e. The van der Waals surface area contributed by atoms with E-state index in [1.54, 1.807) is 6.07 Å². The van der Waals surface area contributed by atoms with Crippen LogP contribution in [-0.2, 0) is 0 Å². The average Bonchev–Trinajstić information content (AvgIpc) is 2.96. The predicted octanol–water partition coefficient (Wildman–Crippen LogP) is 3.85. The highest BCUT2D eigenvalue weighted by molar-refractivity contribution is 5.94. The number of nitrogens with zero attached hydrogens (tertiary/aromatic N) is 3. The fraction of sp³-hybridized carbons (Fsp3) is 0.333. The van der Waals surface area contributed by atoms with Crippen molar-refractivity contribution in [1.29, 1.82) is 0 Å². The van der Waals surface area contributed by atoms with Crippen molar-refractivity contribution in [2.24, 2.45) is 17.8 Å². The number of piperidine rings is 1. The molecule has 3 aromatic rings. The van der Waals surface area contributed by atoms with E-state index in [0.717, 1.165) is 11.0 Å². The molecule has 0 spiro atoms. The number of halogens is 4. The lowest BCUT2D eigenvalue weighted by Gasteiger charge is -2.23. The fourth-order valence-corrected chi connectivity index (χ4v) is 4.31. The van der Waals surface area contributed by atoms with Gasteiger partial charge in [0.2, 0.25) is 0 Å². The van der Waals surface area contributed by atoms with Gasteiger partial charge in [-0.3, -0.25) is 0 Å². The summed E-state index contributed by atoms with van der Waals surface area (Å²) in [5.41, 5.74) is 2.21. The van der Waals surface area contributed by atoms with E-state index in [4.69, 9.17) is 0 Å². The quantitative estimate of drug-likeness (QED) is 0.713. The first-order valence-corrected chi connectivity index (χ1v) is 8.30. The number of hydrogen-bond donors (Lipinski definition) is 1. The van der Waals surface area contributed by atoms with Crippen molar-refractivity contribution < 1.29 is 23.1 Å². The van der Waals surface area contributed by atoms with Gasteiger partial charge in [-0.25, -0.2) is 9.78 Å². The summed E-state index contributed by atoms with van der Waals surface area (Å²) in [6.45, 7) is 0.652. The van der Waals surface area contributed by atoms with Gasteiger partial charge in [0.15, 0.2) is 5.82 Å². The highest BCUT2D eigenvalue weighted by atomic mass is 35.5. The normalized spacial score (nSPS) is 24.1. The van der Waals surface area contributed by atoms with Crippen LogP contribution in [0.5, 0.6) is 0 Å². The summed E-state index contributed by atoms with van der Waals surface area (Å²) >= 11 is 0. The molecule has 1 aromatic carbocycles. The van der Waals surface area contributed by atoms with Crippen LogP contribution < -0.4 is 4.90 Å². The van der Waals surface area contributed by atoms with Crippen LogP contribution >= 0.6 is 12.4 Å². The molecule has 1 aliphatic heterocycles. The van der Waals surface area contributed by atoms with E-state index in [0.29, 0.717) is 24.4 Å². The zero-order valence-electron chi connectivity index (χ0n) is 13.8. The summed E-state index contributed by atoms with van der Waals surface area (Å²) in [5.74, 6) is -2.36. The second kappa shape index (κ2) is 5.76. The van der Waals surface area contributed by atoms with E-state index in [2.05, 4.69) is 4.98 Å². The molecule has 0 radical (unpaired) electrons. The molecule has 2 aliphatic rings. The third-order valence-electron chi connectivity index (χ3n) is 5.56. The van der Waals surface area contributed by atoms with Crippen LogP contribution in [0.15, 0.2) is 36.5 Å². The maximum absolute atomic E-state index is 12.9. The third kappa shape index (κ3) is 2.62. The Morgan fingerprint density at radius 2 is 1.85 bits per heavy atom. The molecule has 0 amide bonds. The molecule has 27 heavy (non-hydrogen) atoms. The Balaban J connectivity index is 0.00000180. The standard InChI is InChI=1S/C18H14F3N3O2.ClH/c19-18(20,21)15-10-7-23(8-11(10)15)16-14-2-1-5-24(14)13-4-3-9(17(25)26)6-12(13)22-16;/h1-6,10-11,15H,7-8H2,(H,25,26);1H. The first-order chi connectivity index (χ1) is 12.3. The van der Waals surface area contributed by atoms with Crippen molar-refractivity contribution >= 4 is 40.7 Å². The highest BCUT2D eigenvalue weighted by Gasteiger charge is 2.67. The monoisotopic (exact) mass is 397 g/mol. The lowest BCUT2D eigenvalue weighted by Crippen LogP contribution is -2.29. The molecular weight excluding hydrogens is 383 g/mol. The van der Waals surface area contributed by atoms with Crippen LogP contribution in [-0.4, -0.2) is 39.7 Å². The molecule has 1 N–H and O–H groups in total. The Hall–Kier alpha value is -2.48. The number of alkyl halides is 3. The molecule has 1 saturated heterocycles. The Kier molecular flexibility index (Phi) is 3.82. The van der Waals surface area contributed by atoms with E-state index in [-0.39, 0.29) is 29.8 Å². The van der Waals surface area contributed by atoms with E-state index < -0.39 is 18.1 Å². The summed E-state index contributed by atoms with van der Waals surface area (Å²) in [5, 5.41) is 9.19. The predicted molar refractivity (Wildman–Crippen MR) is 95.6 cm³/mol. The molecule has 2 unspecified atom stereocenters. The van der Waals surface area contributed by atoms with Crippen molar-refractivity contribution in [3.8, 4) is 0 Å². The summed E-state index contributed by atoms with van der Waals surface area (Å²) in [4.78, 5) is 17.7. The fourth-order valence-electron chi connectivity index (χ4n) is 4.31. The summed E-state index contributed by atoms with van der Waals surface area (Å²) in [6, 6.07) is 8.43. The topological polar surface area (TPSA) is 57.8 Å². The van der Waals surface area contributed by atoms with Crippen LogP contribution in [0, 0.1) is 17.8 Å². The van der Waals surface area contributed by atoms with Crippen molar-refractivity contribution in [3.05, 3.63) is 42.1 Å². The number of fused-ring (bicyclic) bond motifs is 4. The number of anilines is 1. The van der Waals surface area contributed by atoms with Gasteiger partial charge >= 0.3 is 12.1 Å². The summed E-state index contributed by atoms with van der Waals surface area (Å²) < 4.78 is 40.7. The Morgan fingerprint density at radius 3 is 2.48 bits per heavy atom. The molecule has 0 bridgehead atoms. The van der Waals surface area contributed by atoms with Gasteiger partial charge in [-0.15, -0.1) is 12.4 Å². The zero-order valence-corrected chi connectivity index (χ0v) is 14.7. The molecule has 2 aromatic heterocycles. The van der Waals surface area contributed by atoms with E-state index in [1.165, 1.54) is 12.1 Å². The second-order valence-corrected chi connectivity index (χ2v) is 7.01. The molecule has 142 valence electrons. The molecule has 1 aliphatic carbocycles. The summed E-state index contributed by atoms with van der Waals surface area (Å²) in [7, 11) is 0. The van der Waals surface area contributed by atoms with Gasteiger partial charge in [0.25, 0.3) is 0 Å². The number of carbonyl (C=O) groups is 1. The van der Waals surface area contributed by atoms with Crippen molar-refractivity contribution in [2.45, 2.75) is 6.18 Å². The van der Waals surface area contributed by atoms with Gasteiger partial charge in [0.05, 0.1) is 28.0 Å². The van der Waals surface area contributed by atoms with Gasteiger partial charge in [0.1, 0.15) is 0 Å². The SMILES string of the molecule is Cl.O=C(O)c1ccc2c(c1)nc(N1CC3C(C1)C3C(F)(F)F)c1cccn12. The molecule has 1 saturated carbocycles. The molecule has 5 nitrogen and oxygen atoms in total. The zero-order chi connectivity index (χ0) is 18.2. The number of carboxylic acids is 1. The van der Waals surface area contributed by atoms with Gasteiger partial charge in [-0.1, -0.05) is 0 Å². The molecule has 2 atom stereocenters. The van der Waals surface area contributed by atoms with Gasteiger partial charge < -0.3 is 14.4 Å². The van der Waals surface area contributed by atoms with Crippen LogP contribution in [0.2, 0.25) is 0 Å². The first kappa shape index (κ1) is 17.9. The number of rotatable bonds is 2. The third-order valence-corrected chi connectivity index (χ3v) is 5.56. The minimum atomic E-state index is -4.13. The molecule has 5 rings (SSSR count). The van der Waals surface area contributed by atoms with Gasteiger partial charge in [-0.2, -0.15) is 13.2 Å². The van der Waals surface area contributed by atoms with Crippen LogP contribution in [0.4, 0.5) is 19.0 Å². The molecular formula is C18H15ClF3N3O2. The Labute approximate surface area is 157 Å². The lowest BCUT2D eigenvalue weighted by molar-refractivity contribution is -0.154. The Morgan fingerprint density at radius 1 is 1.15 bits per heavy atom. The van der Waals surface area contributed by atoms with E-state index >= 15 is 0 Å². The largest absolute Gasteiger partial charge is 0.478 e. The minimum absolute atomic E-state index is 0. The lowest BCUT2D eigenvalue weighted by atomic mass is 10.2. The van der Waals surface area contributed by atoms with Crippen molar-refractivity contribution in [3.63, 3.8) is 0 Å². The molecule has 3 heterocycles. The minimum Gasteiger partial charge on any atom is -0.478 e. The number of benzene rings is 1. The number of carboxylic acid groups (broad SMARTS) is 1. The average molecular weight is 398 g/mol. The summed E-state index contributed by atoms with van der Waals surface area (Å²) in [6.07, 6.45) is -2.28. The Bertz CT molecular complexity index is 1050. The van der Waals surface area contributed by atoms with Crippen molar-refractivity contribution in [2.75, 3.05) is 18.0 Å². The van der Waals surface area contributed by atoms with E-state index in [1.807, 2.05) is 27.6 Å². The maximum atomic E-state index is 12.9. The van der Waals surface area contributed by atoms with Crippen LogP contribution in [0.3, 0.4) is 0 Å². The number of hydrogen-bond acceptors (Lipinski definition) is 3. The van der Waals surface area contributed by atoms with Gasteiger partial charge in [-0.05, 0) is 42.2 Å². The van der Waals surface area contributed by atoms with E-state index in [9.17, 15) is 23.1 Å². The van der Waals surface area contributed by atoms with Crippen LogP contribution in [0.1, 0.15) is 10.4 Å². The number of aromatic nitrogens is 2. The van der Waals surface area contributed by atoms with Crippen LogP contribution in [0.25, 0.3) is 16.6 Å². The first-order valence-electron chi connectivity index (χ1n) is 8.30. The number of aromatic carboxylic acids is 1.